The minimum Gasteiger partial charge on any atom is -0.393 e. The number of carbonyl (C=O) groups is 1. The Kier molecular flexibility index (Phi) is 4.54. The number of rotatable bonds is 4. The molecule has 2 unspecified atom stereocenters. The third kappa shape index (κ3) is 3.40. The first-order chi connectivity index (χ1) is 8.56. The van der Waals surface area contributed by atoms with Crippen molar-refractivity contribution in [2.75, 3.05) is 19.6 Å². The fourth-order valence-corrected chi connectivity index (χ4v) is 2.59. The molecular weight excluding hydrogens is 294 g/mol. The lowest BCUT2D eigenvalue weighted by Crippen LogP contribution is -2.29. The van der Waals surface area contributed by atoms with E-state index in [1.165, 1.54) is 0 Å². The second-order valence-corrected chi connectivity index (χ2v) is 5.87. The van der Waals surface area contributed by atoms with Gasteiger partial charge in [-0.05, 0) is 37.9 Å². The van der Waals surface area contributed by atoms with Crippen LogP contribution in [0, 0.1) is 5.92 Å². The number of aliphatic hydroxyl groups excluding tert-OH is 1. The van der Waals surface area contributed by atoms with E-state index in [2.05, 4.69) is 20.8 Å². The van der Waals surface area contributed by atoms with E-state index in [1.54, 1.807) is 0 Å². The van der Waals surface area contributed by atoms with Gasteiger partial charge >= 0.3 is 0 Å². The summed E-state index contributed by atoms with van der Waals surface area (Å²) in [7, 11) is 0. The highest BCUT2D eigenvalue weighted by Gasteiger charge is 2.27. The quantitative estimate of drug-likeness (QED) is 0.868. The van der Waals surface area contributed by atoms with Crippen molar-refractivity contribution in [1.82, 2.24) is 4.90 Å². The second-order valence-electron chi connectivity index (χ2n) is 4.95. The maximum absolute atomic E-state index is 12.1. The molecule has 18 heavy (non-hydrogen) atoms. The number of Topliss-reactive ketones (excluding diaryl/α,β-unsaturated/α-hetero) is 1. The van der Waals surface area contributed by atoms with Crippen LogP contribution in [0.25, 0.3) is 0 Å². The van der Waals surface area contributed by atoms with Crippen LogP contribution in [0.1, 0.15) is 23.7 Å². The lowest BCUT2D eigenvalue weighted by molar-refractivity contribution is 0.0925. The van der Waals surface area contributed by atoms with E-state index in [0.29, 0.717) is 12.5 Å². The van der Waals surface area contributed by atoms with Crippen LogP contribution < -0.4 is 0 Å². The van der Waals surface area contributed by atoms with Crippen molar-refractivity contribution in [3.05, 3.63) is 34.3 Å². The van der Waals surface area contributed by atoms with Gasteiger partial charge in [-0.1, -0.05) is 28.1 Å². The number of ketones is 1. The maximum Gasteiger partial charge on any atom is 0.176 e. The van der Waals surface area contributed by atoms with Gasteiger partial charge in [0.15, 0.2) is 5.78 Å². The summed E-state index contributed by atoms with van der Waals surface area (Å²) < 4.78 is 0.981. The summed E-state index contributed by atoms with van der Waals surface area (Å²) in [5.41, 5.74) is 0.749. The summed E-state index contributed by atoms with van der Waals surface area (Å²) in [6, 6.07) is 7.45. The lowest BCUT2D eigenvalue weighted by atomic mass is 10.0. The minimum absolute atomic E-state index is 0.147. The molecule has 0 aliphatic carbocycles. The van der Waals surface area contributed by atoms with Crippen LogP contribution in [0.5, 0.6) is 0 Å². The Bertz CT molecular complexity index is 416. The first-order valence-electron chi connectivity index (χ1n) is 6.25. The maximum atomic E-state index is 12.1. The largest absolute Gasteiger partial charge is 0.393 e. The molecule has 0 saturated carbocycles. The van der Waals surface area contributed by atoms with Crippen LogP contribution in [-0.2, 0) is 0 Å². The molecule has 1 saturated heterocycles. The summed E-state index contributed by atoms with van der Waals surface area (Å²) in [5.74, 6) is 0.455. The number of halogens is 1. The Labute approximate surface area is 116 Å². The van der Waals surface area contributed by atoms with Gasteiger partial charge in [0.05, 0.1) is 12.6 Å². The smallest absolute Gasteiger partial charge is 0.176 e. The Morgan fingerprint density at radius 3 is 2.72 bits per heavy atom. The van der Waals surface area contributed by atoms with Crippen LogP contribution in [-0.4, -0.2) is 41.5 Å². The van der Waals surface area contributed by atoms with E-state index in [-0.39, 0.29) is 11.9 Å². The molecule has 0 radical (unpaired) electrons. The van der Waals surface area contributed by atoms with Gasteiger partial charge in [-0.15, -0.1) is 0 Å². The topological polar surface area (TPSA) is 40.5 Å². The first kappa shape index (κ1) is 13.7. The van der Waals surface area contributed by atoms with Crippen molar-refractivity contribution in [1.29, 1.82) is 0 Å². The highest BCUT2D eigenvalue weighted by molar-refractivity contribution is 9.10. The van der Waals surface area contributed by atoms with Crippen molar-refractivity contribution in [2.45, 2.75) is 19.4 Å². The van der Waals surface area contributed by atoms with Crippen molar-refractivity contribution < 1.29 is 9.90 Å². The molecule has 1 fully saturated rings. The van der Waals surface area contributed by atoms with Crippen LogP contribution in [0.2, 0.25) is 0 Å². The third-order valence-electron chi connectivity index (χ3n) is 3.52. The van der Waals surface area contributed by atoms with Gasteiger partial charge in [0.1, 0.15) is 0 Å². The molecule has 0 bridgehead atoms. The first-order valence-corrected chi connectivity index (χ1v) is 7.05. The van der Waals surface area contributed by atoms with Crippen molar-refractivity contribution >= 4 is 21.7 Å². The third-order valence-corrected chi connectivity index (χ3v) is 4.05. The van der Waals surface area contributed by atoms with Gasteiger partial charge in [0, 0.05) is 16.6 Å². The van der Waals surface area contributed by atoms with Gasteiger partial charge in [0.2, 0.25) is 0 Å². The summed E-state index contributed by atoms with van der Waals surface area (Å²) in [5, 5.41) is 9.53. The lowest BCUT2D eigenvalue weighted by Gasteiger charge is -2.16. The number of hydrogen-bond acceptors (Lipinski definition) is 3. The number of hydrogen-bond donors (Lipinski definition) is 1. The Hall–Kier alpha value is -0.710. The van der Waals surface area contributed by atoms with Gasteiger partial charge in [-0.25, -0.2) is 0 Å². The fourth-order valence-electron chi connectivity index (χ4n) is 2.33. The molecule has 1 aromatic rings. The SMILES string of the molecule is CC(O)C1CCN(CC(=O)c2ccc(Br)cc2)C1. The molecule has 0 spiro atoms. The predicted octanol–water partition coefficient (Wildman–Crippen LogP) is 2.33. The second kappa shape index (κ2) is 5.95. The highest BCUT2D eigenvalue weighted by Crippen LogP contribution is 2.20. The average molecular weight is 312 g/mol. The normalized spacial score (nSPS) is 22.1. The summed E-state index contributed by atoms with van der Waals surface area (Å²) in [4.78, 5) is 14.2. The minimum atomic E-state index is -0.280. The van der Waals surface area contributed by atoms with E-state index in [9.17, 15) is 9.90 Å². The number of likely N-dealkylation sites (tertiary alicyclic amines) is 1. The molecule has 3 nitrogen and oxygen atoms in total. The van der Waals surface area contributed by atoms with Crippen molar-refractivity contribution in [3.63, 3.8) is 0 Å². The van der Waals surface area contributed by atoms with Crippen LogP contribution in [0.3, 0.4) is 0 Å². The highest BCUT2D eigenvalue weighted by atomic mass is 79.9. The fraction of sp³-hybridized carbons (Fsp3) is 0.500. The number of nitrogens with zero attached hydrogens (tertiary/aromatic N) is 1. The Balaban J connectivity index is 1.91. The summed E-state index contributed by atoms with van der Waals surface area (Å²) in [6.07, 6.45) is 0.698. The molecule has 1 aromatic carbocycles. The Morgan fingerprint density at radius 2 is 2.17 bits per heavy atom. The van der Waals surface area contributed by atoms with Gasteiger partial charge < -0.3 is 5.11 Å². The van der Waals surface area contributed by atoms with Gasteiger partial charge in [-0.3, -0.25) is 9.69 Å². The van der Waals surface area contributed by atoms with E-state index in [1.807, 2.05) is 31.2 Å². The number of benzene rings is 1. The van der Waals surface area contributed by atoms with E-state index < -0.39 is 0 Å². The molecule has 0 amide bonds. The molecule has 2 rings (SSSR count). The van der Waals surface area contributed by atoms with Crippen LogP contribution in [0.4, 0.5) is 0 Å². The van der Waals surface area contributed by atoms with Gasteiger partial charge in [-0.2, -0.15) is 0 Å². The number of carbonyl (C=O) groups excluding carboxylic acids is 1. The molecule has 1 aliphatic rings. The van der Waals surface area contributed by atoms with Gasteiger partial charge in [0.25, 0.3) is 0 Å². The molecule has 0 aromatic heterocycles. The monoisotopic (exact) mass is 311 g/mol. The molecule has 1 heterocycles. The predicted molar refractivity (Wildman–Crippen MR) is 74.7 cm³/mol. The van der Waals surface area contributed by atoms with E-state index >= 15 is 0 Å². The molecular formula is C14H18BrNO2. The molecule has 1 aliphatic heterocycles. The standard InChI is InChI=1S/C14H18BrNO2/c1-10(17)12-6-7-16(8-12)9-14(18)11-2-4-13(15)5-3-11/h2-5,10,12,17H,6-9H2,1H3. The average Bonchev–Trinajstić information content (AvgIpc) is 2.78. The zero-order valence-corrected chi connectivity index (χ0v) is 12.1. The number of aliphatic hydroxyl groups is 1. The van der Waals surface area contributed by atoms with Crippen LogP contribution in [0.15, 0.2) is 28.7 Å². The Morgan fingerprint density at radius 1 is 1.50 bits per heavy atom. The molecule has 4 heteroatoms. The summed E-state index contributed by atoms with van der Waals surface area (Å²) in [6.45, 7) is 3.99. The molecule has 98 valence electrons. The molecule has 1 N–H and O–H groups in total. The van der Waals surface area contributed by atoms with Crippen molar-refractivity contribution in [2.24, 2.45) is 5.92 Å². The van der Waals surface area contributed by atoms with E-state index in [4.69, 9.17) is 0 Å². The van der Waals surface area contributed by atoms with E-state index in [0.717, 1.165) is 29.5 Å². The zero-order valence-electron chi connectivity index (χ0n) is 10.5. The molecule has 2 atom stereocenters. The van der Waals surface area contributed by atoms with Crippen molar-refractivity contribution in [3.8, 4) is 0 Å². The van der Waals surface area contributed by atoms with Crippen LogP contribution >= 0.6 is 15.9 Å². The zero-order chi connectivity index (χ0) is 13.1. The summed E-state index contributed by atoms with van der Waals surface area (Å²) >= 11 is 3.36.